The number of nitrogens with zero attached hydrogens (tertiary/aromatic N) is 2. The van der Waals surface area contributed by atoms with E-state index >= 15 is 0 Å². The maximum atomic E-state index is 12.5. The molecule has 170 valence electrons. The third kappa shape index (κ3) is 6.70. The van der Waals surface area contributed by atoms with Crippen molar-refractivity contribution in [3.05, 3.63) is 23.8 Å². The summed E-state index contributed by atoms with van der Waals surface area (Å²) in [6.07, 6.45) is 1.11. The number of methoxy groups -OCH3 is 1. The summed E-state index contributed by atoms with van der Waals surface area (Å²) in [6.45, 7) is 4.13. The maximum absolute atomic E-state index is 12.5. The molecule has 0 saturated carbocycles. The number of ether oxygens (including phenoxy) is 3. The summed E-state index contributed by atoms with van der Waals surface area (Å²) in [5.41, 5.74) is 0.477. The lowest BCUT2D eigenvalue weighted by Gasteiger charge is -2.32. The van der Waals surface area contributed by atoms with Crippen molar-refractivity contribution in [1.29, 1.82) is 0 Å². The first-order valence-electron chi connectivity index (χ1n) is 10.3. The second-order valence-corrected chi connectivity index (χ2v) is 7.37. The highest BCUT2D eigenvalue weighted by Gasteiger charge is 2.29. The smallest absolute Gasteiger partial charge is 0.309 e. The van der Waals surface area contributed by atoms with Crippen molar-refractivity contribution < 1.29 is 33.4 Å². The van der Waals surface area contributed by atoms with Crippen molar-refractivity contribution >= 4 is 23.6 Å². The molecule has 1 aromatic rings. The van der Waals surface area contributed by atoms with Gasteiger partial charge < -0.3 is 24.0 Å². The molecule has 1 aromatic carbocycles. The van der Waals surface area contributed by atoms with E-state index in [1.165, 1.54) is 26.0 Å². The Morgan fingerprint density at radius 2 is 1.81 bits per heavy atom. The summed E-state index contributed by atoms with van der Waals surface area (Å²) in [6, 6.07) is 4.72. The molecule has 0 aromatic heterocycles. The van der Waals surface area contributed by atoms with Gasteiger partial charge >= 0.3 is 5.97 Å². The molecule has 0 unspecified atom stereocenters. The van der Waals surface area contributed by atoms with Crippen LogP contribution in [-0.4, -0.2) is 80.4 Å². The van der Waals surface area contributed by atoms with Gasteiger partial charge in [-0.1, -0.05) is 0 Å². The minimum absolute atomic E-state index is 0.0767. The van der Waals surface area contributed by atoms with E-state index in [2.05, 4.69) is 0 Å². The number of ketones is 1. The number of esters is 1. The average Bonchev–Trinajstić information content (AvgIpc) is 2.77. The number of likely N-dealkylation sites (tertiary alicyclic amines) is 1. The number of benzene rings is 1. The zero-order chi connectivity index (χ0) is 23.0. The van der Waals surface area contributed by atoms with E-state index in [4.69, 9.17) is 14.2 Å². The molecular formula is C22H30N2O7. The summed E-state index contributed by atoms with van der Waals surface area (Å²) in [5.74, 6) is -0.364. The van der Waals surface area contributed by atoms with Crippen LogP contribution in [0.25, 0.3) is 0 Å². The lowest BCUT2D eigenvalue weighted by atomic mass is 9.97. The van der Waals surface area contributed by atoms with Crippen LogP contribution in [0.4, 0.5) is 0 Å². The third-order valence-electron chi connectivity index (χ3n) is 5.19. The Balaban J connectivity index is 1.83. The van der Waals surface area contributed by atoms with E-state index in [9.17, 15) is 19.2 Å². The molecule has 0 spiro atoms. The number of carbonyl (C=O) groups excluding carboxylic acids is 4. The van der Waals surface area contributed by atoms with Crippen molar-refractivity contribution in [2.45, 2.75) is 26.7 Å². The summed E-state index contributed by atoms with van der Waals surface area (Å²) >= 11 is 0. The third-order valence-corrected chi connectivity index (χ3v) is 5.19. The predicted molar refractivity (Wildman–Crippen MR) is 112 cm³/mol. The molecule has 0 aliphatic carbocycles. The van der Waals surface area contributed by atoms with Crippen LogP contribution < -0.4 is 9.47 Å². The number of carbonyl (C=O) groups is 4. The van der Waals surface area contributed by atoms with E-state index in [1.54, 1.807) is 30.0 Å². The van der Waals surface area contributed by atoms with Gasteiger partial charge in [0.2, 0.25) is 5.91 Å². The number of amides is 2. The number of hydrogen-bond donors (Lipinski definition) is 0. The van der Waals surface area contributed by atoms with Gasteiger partial charge in [-0.05, 0) is 44.9 Å². The maximum Gasteiger partial charge on any atom is 0.309 e. The molecule has 2 rings (SSSR count). The van der Waals surface area contributed by atoms with E-state index in [1.807, 2.05) is 0 Å². The molecule has 31 heavy (non-hydrogen) atoms. The van der Waals surface area contributed by atoms with Crippen LogP contribution in [0, 0.1) is 5.92 Å². The van der Waals surface area contributed by atoms with Gasteiger partial charge in [0.1, 0.15) is 0 Å². The number of Topliss-reactive ketones (excluding diaryl/α,β-unsaturated/α-hetero) is 1. The van der Waals surface area contributed by atoms with Crippen LogP contribution in [-0.2, 0) is 19.1 Å². The molecule has 0 N–H and O–H groups in total. The Morgan fingerprint density at radius 3 is 2.39 bits per heavy atom. The van der Waals surface area contributed by atoms with Crippen molar-refractivity contribution in [2.75, 3.05) is 47.0 Å². The molecule has 1 aliphatic rings. The molecule has 9 heteroatoms. The monoisotopic (exact) mass is 434 g/mol. The molecule has 0 bridgehead atoms. The normalized spacial score (nSPS) is 14.0. The van der Waals surface area contributed by atoms with Gasteiger partial charge in [-0.25, -0.2) is 0 Å². The van der Waals surface area contributed by atoms with Gasteiger partial charge in [0.15, 0.2) is 23.9 Å². The van der Waals surface area contributed by atoms with E-state index in [0.717, 1.165) is 0 Å². The Bertz CT molecular complexity index is 816. The molecule has 1 heterocycles. The molecule has 1 fully saturated rings. The molecule has 1 aliphatic heterocycles. The van der Waals surface area contributed by atoms with Crippen LogP contribution >= 0.6 is 0 Å². The minimum atomic E-state index is -0.368. The average molecular weight is 434 g/mol. The first-order valence-corrected chi connectivity index (χ1v) is 10.3. The van der Waals surface area contributed by atoms with Gasteiger partial charge in [0.25, 0.3) is 5.91 Å². The van der Waals surface area contributed by atoms with Crippen molar-refractivity contribution in [2.24, 2.45) is 5.92 Å². The second-order valence-electron chi connectivity index (χ2n) is 7.37. The lowest BCUT2D eigenvalue weighted by molar-refractivity contribution is -0.151. The summed E-state index contributed by atoms with van der Waals surface area (Å²) < 4.78 is 15.8. The lowest BCUT2D eigenvalue weighted by Crippen LogP contribution is -2.46. The van der Waals surface area contributed by atoms with Gasteiger partial charge in [-0.2, -0.15) is 0 Å². The topological polar surface area (TPSA) is 102 Å². The highest BCUT2D eigenvalue weighted by Crippen LogP contribution is 2.28. The first kappa shape index (κ1) is 24.2. The number of piperidine rings is 1. The van der Waals surface area contributed by atoms with Crippen LogP contribution in [0.3, 0.4) is 0 Å². The van der Waals surface area contributed by atoms with E-state index in [-0.39, 0.29) is 42.6 Å². The highest BCUT2D eigenvalue weighted by atomic mass is 16.5. The van der Waals surface area contributed by atoms with Crippen LogP contribution in [0.2, 0.25) is 0 Å². The molecule has 0 radical (unpaired) electrons. The molecule has 0 atom stereocenters. The minimum Gasteiger partial charge on any atom is -0.493 e. The zero-order valence-corrected chi connectivity index (χ0v) is 18.5. The SMILES string of the molecule is CCOC(=O)C1CCN(C(=O)CN(C)C(=O)COc2ccc(C(C)=O)cc2OC)CC1. The second kappa shape index (κ2) is 11.3. The fourth-order valence-electron chi connectivity index (χ4n) is 3.27. The standard InChI is InChI=1S/C22H30N2O7/c1-5-30-22(28)16-8-10-24(11-9-16)20(26)13-23(3)21(27)14-31-18-7-6-17(15(2)25)12-19(18)29-4/h6-7,12,16H,5,8-11,13-14H2,1-4H3. The largest absolute Gasteiger partial charge is 0.493 e. The van der Waals surface area contributed by atoms with E-state index in [0.29, 0.717) is 49.6 Å². The molecular weight excluding hydrogens is 404 g/mol. The van der Waals surface area contributed by atoms with Crippen molar-refractivity contribution in [3.8, 4) is 11.5 Å². The van der Waals surface area contributed by atoms with Gasteiger partial charge in [0.05, 0.1) is 26.2 Å². The number of hydrogen-bond acceptors (Lipinski definition) is 7. The Morgan fingerprint density at radius 1 is 1.13 bits per heavy atom. The quantitative estimate of drug-likeness (QED) is 0.429. The Hall–Kier alpha value is -3.10. The molecule has 9 nitrogen and oxygen atoms in total. The Labute approximate surface area is 182 Å². The van der Waals surface area contributed by atoms with Gasteiger partial charge in [-0.15, -0.1) is 0 Å². The number of likely N-dealkylation sites (N-methyl/N-ethyl adjacent to an activating group) is 1. The van der Waals surface area contributed by atoms with Gasteiger partial charge in [-0.3, -0.25) is 19.2 Å². The fourth-order valence-corrected chi connectivity index (χ4v) is 3.27. The van der Waals surface area contributed by atoms with Crippen molar-refractivity contribution in [3.63, 3.8) is 0 Å². The summed E-state index contributed by atoms with van der Waals surface area (Å²) in [7, 11) is 2.98. The fraction of sp³-hybridized carbons (Fsp3) is 0.545. The first-order chi connectivity index (χ1) is 14.8. The van der Waals surface area contributed by atoms with Crippen molar-refractivity contribution in [1.82, 2.24) is 9.80 Å². The Kier molecular flexibility index (Phi) is 8.84. The zero-order valence-electron chi connectivity index (χ0n) is 18.5. The van der Waals surface area contributed by atoms with Crippen LogP contribution in [0.5, 0.6) is 11.5 Å². The molecule has 1 saturated heterocycles. The van der Waals surface area contributed by atoms with Crippen LogP contribution in [0.15, 0.2) is 18.2 Å². The van der Waals surface area contributed by atoms with E-state index < -0.39 is 0 Å². The van der Waals surface area contributed by atoms with Gasteiger partial charge in [0, 0.05) is 25.7 Å². The summed E-state index contributed by atoms with van der Waals surface area (Å²) in [5, 5.41) is 0. The number of rotatable bonds is 9. The summed E-state index contributed by atoms with van der Waals surface area (Å²) in [4.78, 5) is 51.2. The highest BCUT2D eigenvalue weighted by molar-refractivity contribution is 5.94. The molecule has 2 amide bonds. The van der Waals surface area contributed by atoms with Crippen LogP contribution in [0.1, 0.15) is 37.0 Å². The predicted octanol–water partition coefficient (Wildman–Crippen LogP) is 1.54.